The van der Waals surface area contributed by atoms with E-state index in [-0.39, 0.29) is 12.5 Å². The van der Waals surface area contributed by atoms with E-state index in [9.17, 15) is 15.0 Å². The number of aryl methyl sites for hydroxylation is 1. The van der Waals surface area contributed by atoms with E-state index in [0.717, 1.165) is 44.7 Å². The molecule has 1 unspecified atom stereocenters. The van der Waals surface area contributed by atoms with Crippen molar-refractivity contribution in [2.24, 2.45) is 5.92 Å². The molecule has 0 aliphatic carbocycles. The lowest BCUT2D eigenvalue weighted by Gasteiger charge is -2.31. The quantitative estimate of drug-likeness (QED) is 0.675. The summed E-state index contributed by atoms with van der Waals surface area (Å²) < 4.78 is 2.04. The Labute approximate surface area is 171 Å². The van der Waals surface area contributed by atoms with Gasteiger partial charge >= 0.3 is 0 Å². The van der Waals surface area contributed by atoms with E-state index in [1.807, 2.05) is 16.7 Å². The first kappa shape index (κ1) is 20.1. The number of carbonyl (C=O) groups is 1. The zero-order valence-corrected chi connectivity index (χ0v) is 16.9. The van der Waals surface area contributed by atoms with Crippen molar-refractivity contribution in [3.63, 3.8) is 0 Å². The number of carbonyl (C=O) groups excluding carboxylic acids is 1. The van der Waals surface area contributed by atoms with E-state index < -0.39 is 12.2 Å². The van der Waals surface area contributed by atoms with Gasteiger partial charge in [-0.15, -0.1) is 0 Å². The lowest BCUT2D eigenvalue weighted by Crippen LogP contribution is -2.46. The summed E-state index contributed by atoms with van der Waals surface area (Å²) in [7, 11) is 0. The predicted octanol–water partition coefficient (Wildman–Crippen LogP) is 0.975. The van der Waals surface area contributed by atoms with Gasteiger partial charge in [0.05, 0.1) is 12.2 Å². The fourth-order valence-electron chi connectivity index (χ4n) is 4.24. The van der Waals surface area contributed by atoms with Gasteiger partial charge in [-0.25, -0.2) is 4.98 Å². The minimum atomic E-state index is -1.02. The normalized spacial score (nSPS) is 21.1. The van der Waals surface area contributed by atoms with Crippen LogP contribution in [-0.2, 0) is 25.9 Å². The molecule has 0 spiro atoms. The molecule has 0 saturated heterocycles. The Kier molecular flexibility index (Phi) is 5.99. The number of benzene rings is 1. The number of hydrogen-bond acceptors (Lipinski definition) is 5. The highest BCUT2D eigenvalue weighted by molar-refractivity contribution is 5.92. The molecule has 2 aromatic rings. The monoisotopic (exact) mass is 398 g/mol. The Bertz CT molecular complexity index is 865. The summed E-state index contributed by atoms with van der Waals surface area (Å²) in [6.45, 7) is 5.08. The van der Waals surface area contributed by atoms with Crippen LogP contribution in [0.2, 0.25) is 0 Å². The molecule has 2 aliphatic heterocycles. The first-order chi connectivity index (χ1) is 14.0. The van der Waals surface area contributed by atoms with Gasteiger partial charge in [0, 0.05) is 45.3 Å². The van der Waals surface area contributed by atoms with Gasteiger partial charge in [-0.3, -0.25) is 9.69 Å². The fourth-order valence-corrected chi connectivity index (χ4v) is 4.24. The summed E-state index contributed by atoms with van der Waals surface area (Å²) in [5, 5.41) is 23.4. The van der Waals surface area contributed by atoms with E-state index >= 15 is 0 Å². The van der Waals surface area contributed by atoms with E-state index in [0.29, 0.717) is 18.2 Å². The van der Waals surface area contributed by atoms with Crippen molar-refractivity contribution in [2.75, 3.05) is 19.6 Å². The first-order valence-electron chi connectivity index (χ1n) is 10.5. The molecule has 1 amide bonds. The maximum Gasteiger partial charge on any atom is 0.271 e. The molecule has 1 aromatic heterocycles. The van der Waals surface area contributed by atoms with Gasteiger partial charge < -0.3 is 20.1 Å². The molecule has 7 nitrogen and oxygen atoms in total. The van der Waals surface area contributed by atoms with Gasteiger partial charge in [0.1, 0.15) is 11.5 Å². The largest absolute Gasteiger partial charge is 0.389 e. The SMILES string of the molecule is CC1CCc2nc(C(=O)NC[C@H](O)[C@@H](O)CN3CCc4ccccc4C3)cn2C1. The van der Waals surface area contributed by atoms with Crippen LogP contribution in [0.5, 0.6) is 0 Å². The van der Waals surface area contributed by atoms with Crippen LogP contribution < -0.4 is 5.32 Å². The molecule has 0 bridgehead atoms. The maximum absolute atomic E-state index is 12.4. The molecule has 156 valence electrons. The summed E-state index contributed by atoms with van der Waals surface area (Å²) in [5.41, 5.74) is 3.00. The van der Waals surface area contributed by atoms with Crippen molar-refractivity contribution < 1.29 is 15.0 Å². The van der Waals surface area contributed by atoms with Crippen LogP contribution in [0, 0.1) is 5.92 Å². The molecule has 3 heterocycles. The van der Waals surface area contributed by atoms with Gasteiger partial charge in [-0.05, 0) is 29.9 Å². The van der Waals surface area contributed by atoms with Gasteiger partial charge in [0.15, 0.2) is 0 Å². The zero-order valence-electron chi connectivity index (χ0n) is 16.9. The Balaban J connectivity index is 1.26. The lowest BCUT2D eigenvalue weighted by molar-refractivity contribution is -0.00343. The smallest absolute Gasteiger partial charge is 0.271 e. The highest BCUT2D eigenvalue weighted by Gasteiger charge is 2.24. The zero-order chi connectivity index (χ0) is 20.4. The second kappa shape index (κ2) is 8.65. The summed E-state index contributed by atoms with van der Waals surface area (Å²) in [5.74, 6) is 1.23. The van der Waals surface area contributed by atoms with Gasteiger partial charge in [-0.1, -0.05) is 31.2 Å². The van der Waals surface area contributed by atoms with Crippen LogP contribution in [0.1, 0.15) is 40.8 Å². The van der Waals surface area contributed by atoms with Crippen molar-refractivity contribution in [1.82, 2.24) is 19.8 Å². The molecule has 29 heavy (non-hydrogen) atoms. The van der Waals surface area contributed by atoms with E-state index in [1.54, 1.807) is 6.20 Å². The molecule has 3 atom stereocenters. The molecule has 1 aromatic carbocycles. The van der Waals surface area contributed by atoms with Crippen molar-refractivity contribution >= 4 is 5.91 Å². The number of aliphatic hydroxyl groups is 2. The van der Waals surface area contributed by atoms with Crippen molar-refractivity contribution in [1.29, 1.82) is 0 Å². The number of β-amino-alcohol motifs (C(OH)–C–C–N with tert-alkyl or cyclic N) is 1. The van der Waals surface area contributed by atoms with Crippen LogP contribution >= 0.6 is 0 Å². The Morgan fingerprint density at radius 2 is 2.03 bits per heavy atom. The highest BCUT2D eigenvalue weighted by atomic mass is 16.3. The minimum absolute atomic E-state index is 0.00300. The third-order valence-corrected chi connectivity index (χ3v) is 6.03. The number of rotatable bonds is 6. The summed E-state index contributed by atoms with van der Waals surface area (Å²) >= 11 is 0. The van der Waals surface area contributed by atoms with E-state index in [2.05, 4.69) is 34.3 Å². The van der Waals surface area contributed by atoms with Crippen molar-refractivity contribution in [3.8, 4) is 0 Å². The second-order valence-corrected chi connectivity index (χ2v) is 8.44. The standard InChI is InChI=1S/C22H30N4O3/c1-15-6-7-21-24-18(13-26(21)11-15)22(29)23-10-19(27)20(28)14-25-9-8-16-4-2-3-5-17(16)12-25/h2-5,13,15,19-20,27-28H,6-12,14H2,1H3,(H,23,29)/t15?,19-,20-/m0/s1. The van der Waals surface area contributed by atoms with Crippen LogP contribution in [-0.4, -0.2) is 62.4 Å². The highest BCUT2D eigenvalue weighted by Crippen LogP contribution is 2.20. The van der Waals surface area contributed by atoms with Gasteiger partial charge in [-0.2, -0.15) is 0 Å². The van der Waals surface area contributed by atoms with Crippen molar-refractivity contribution in [2.45, 2.75) is 51.5 Å². The Hall–Kier alpha value is -2.22. The van der Waals surface area contributed by atoms with Crippen molar-refractivity contribution in [3.05, 3.63) is 53.1 Å². The van der Waals surface area contributed by atoms with Crippen LogP contribution in [0.15, 0.2) is 30.5 Å². The molecular formula is C22H30N4O3. The molecule has 0 radical (unpaired) electrons. The van der Waals surface area contributed by atoms with E-state index in [4.69, 9.17) is 0 Å². The number of aliphatic hydroxyl groups excluding tert-OH is 2. The maximum atomic E-state index is 12.4. The van der Waals surface area contributed by atoms with E-state index in [1.165, 1.54) is 11.1 Å². The molecular weight excluding hydrogens is 368 g/mol. The Morgan fingerprint density at radius 1 is 1.24 bits per heavy atom. The molecule has 3 N–H and O–H groups in total. The minimum Gasteiger partial charge on any atom is -0.389 e. The third-order valence-electron chi connectivity index (χ3n) is 6.03. The second-order valence-electron chi connectivity index (χ2n) is 8.44. The number of nitrogens with one attached hydrogen (secondary N) is 1. The fraction of sp³-hybridized carbons (Fsp3) is 0.545. The number of amides is 1. The number of fused-ring (bicyclic) bond motifs is 2. The first-order valence-corrected chi connectivity index (χ1v) is 10.5. The molecule has 0 fully saturated rings. The number of imidazole rings is 1. The van der Waals surface area contributed by atoms with Crippen LogP contribution in [0.3, 0.4) is 0 Å². The Morgan fingerprint density at radius 3 is 2.86 bits per heavy atom. The van der Waals surface area contributed by atoms with Gasteiger partial charge in [0.2, 0.25) is 0 Å². The summed E-state index contributed by atoms with van der Waals surface area (Å²) in [6.07, 6.45) is 2.76. The molecule has 4 rings (SSSR count). The number of nitrogens with zero attached hydrogens (tertiary/aromatic N) is 3. The summed E-state index contributed by atoms with van der Waals surface area (Å²) in [6, 6.07) is 8.32. The average Bonchev–Trinajstić information content (AvgIpc) is 3.15. The molecule has 7 heteroatoms. The third kappa shape index (κ3) is 4.69. The van der Waals surface area contributed by atoms with Gasteiger partial charge in [0.25, 0.3) is 5.91 Å². The van der Waals surface area contributed by atoms with Crippen LogP contribution in [0.4, 0.5) is 0 Å². The lowest BCUT2D eigenvalue weighted by atomic mass is 9.99. The summed E-state index contributed by atoms with van der Waals surface area (Å²) in [4.78, 5) is 19.0. The number of aromatic nitrogens is 2. The predicted molar refractivity (Wildman–Crippen MR) is 109 cm³/mol. The number of hydrogen-bond donors (Lipinski definition) is 3. The topological polar surface area (TPSA) is 90.6 Å². The average molecular weight is 399 g/mol. The van der Waals surface area contributed by atoms with Crippen LogP contribution in [0.25, 0.3) is 0 Å². The molecule has 2 aliphatic rings. The molecule has 0 saturated carbocycles.